The number of hydrogen-bond donors (Lipinski definition) is 1. The van der Waals surface area contributed by atoms with Crippen LogP contribution in [0.5, 0.6) is 0 Å². The lowest BCUT2D eigenvalue weighted by Gasteiger charge is -2.04. The van der Waals surface area contributed by atoms with E-state index < -0.39 is 0 Å². The van der Waals surface area contributed by atoms with Crippen molar-refractivity contribution in [2.24, 2.45) is 0 Å². The molecule has 2 N–H and O–H groups in total. The van der Waals surface area contributed by atoms with Gasteiger partial charge < -0.3 is 15.0 Å². The fraction of sp³-hybridized carbons (Fsp3) is 0.444. The average Bonchev–Trinajstić information content (AvgIpc) is 2.89. The van der Waals surface area contributed by atoms with Crippen LogP contribution in [-0.4, -0.2) is 17.6 Å². The largest absolute Gasteiger partial charge is 0.464 e. The second-order valence-electron chi connectivity index (χ2n) is 3.29. The fourth-order valence-corrected chi connectivity index (χ4v) is 1.42. The Morgan fingerprint density at radius 2 is 2.38 bits per heavy atom. The van der Waals surface area contributed by atoms with Gasteiger partial charge in [0.1, 0.15) is 5.69 Å². The quantitative estimate of drug-likeness (QED) is 0.695. The molecule has 0 aliphatic heterocycles. The smallest absolute Gasteiger partial charge is 0.354 e. The van der Waals surface area contributed by atoms with E-state index >= 15 is 0 Å². The Kier molecular flexibility index (Phi) is 1.76. The van der Waals surface area contributed by atoms with Crippen LogP contribution < -0.4 is 5.73 Å². The third kappa shape index (κ3) is 1.39. The minimum atomic E-state index is -0.316. The van der Waals surface area contributed by atoms with Crippen LogP contribution in [0.3, 0.4) is 0 Å². The van der Waals surface area contributed by atoms with Gasteiger partial charge in [0, 0.05) is 12.2 Å². The van der Waals surface area contributed by atoms with E-state index in [0.717, 1.165) is 12.8 Å². The SMILES string of the molecule is COC(=O)c1cc(N)cn1C1CC1. The Bertz CT molecular complexity index is 339. The minimum Gasteiger partial charge on any atom is -0.464 e. The lowest BCUT2D eigenvalue weighted by Crippen LogP contribution is -2.08. The first kappa shape index (κ1) is 8.16. The zero-order valence-corrected chi connectivity index (χ0v) is 7.49. The predicted molar refractivity (Wildman–Crippen MR) is 48.5 cm³/mol. The average molecular weight is 180 g/mol. The molecule has 0 saturated heterocycles. The van der Waals surface area contributed by atoms with Gasteiger partial charge >= 0.3 is 5.97 Å². The molecule has 1 fully saturated rings. The molecular weight excluding hydrogens is 168 g/mol. The van der Waals surface area contributed by atoms with E-state index in [0.29, 0.717) is 17.4 Å². The van der Waals surface area contributed by atoms with E-state index in [2.05, 4.69) is 4.74 Å². The molecule has 0 radical (unpaired) electrons. The molecule has 1 aliphatic carbocycles. The Morgan fingerprint density at radius 1 is 1.69 bits per heavy atom. The number of anilines is 1. The maximum Gasteiger partial charge on any atom is 0.354 e. The van der Waals surface area contributed by atoms with E-state index in [1.54, 1.807) is 12.3 Å². The summed E-state index contributed by atoms with van der Waals surface area (Å²) in [5.74, 6) is -0.316. The molecule has 1 heterocycles. The van der Waals surface area contributed by atoms with Crippen LogP contribution in [0, 0.1) is 0 Å². The first-order valence-corrected chi connectivity index (χ1v) is 4.28. The van der Waals surface area contributed by atoms with Crippen LogP contribution in [0.2, 0.25) is 0 Å². The molecule has 1 aromatic rings. The zero-order chi connectivity index (χ0) is 9.42. The van der Waals surface area contributed by atoms with Gasteiger partial charge in [-0.05, 0) is 18.9 Å². The van der Waals surface area contributed by atoms with E-state index in [1.807, 2.05) is 4.57 Å². The Labute approximate surface area is 76.3 Å². The van der Waals surface area contributed by atoms with E-state index in [-0.39, 0.29) is 5.97 Å². The van der Waals surface area contributed by atoms with Gasteiger partial charge in [-0.3, -0.25) is 0 Å². The van der Waals surface area contributed by atoms with Crippen LogP contribution in [0.25, 0.3) is 0 Å². The molecule has 0 unspecified atom stereocenters. The number of nitrogen functional groups attached to an aromatic ring is 1. The van der Waals surface area contributed by atoms with E-state index in [4.69, 9.17) is 5.73 Å². The number of hydrogen-bond acceptors (Lipinski definition) is 3. The monoisotopic (exact) mass is 180 g/mol. The van der Waals surface area contributed by atoms with Crippen LogP contribution in [-0.2, 0) is 4.74 Å². The van der Waals surface area contributed by atoms with Gasteiger partial charge in [-0.15, -0.1) is 0 Å². The lowest BCUT2D eigenvalue weighted by molar-refractivity contribution is 0.0588. The van der Waals surface area contributed by atoms with Crippen molar-refractivity contribution < 1.29 is 9.53 Å². The summed E-state index contributed by atoms with van der Waals surface area (Å²) in [6.07, 6.45) is 4.04. The summed E-state index contributed by atoms with van der Waals surface area (Å²) in [5, 5.41) is 0. The molecule has 2 rings (SSSR count). The van der Waals surface area contributed by atoms with Gasteiger partial charge in [0.15, 0.2) is 0 Å². The molecule has 0 aromatic carbocycles. The highest BCUT2D eigenvalue weighted by atomic mass is 16.5. The molecular formula is C9H12N2O2. The van der Waals surface area contributed by atoms with Crippen molar-refractivity contribution in [3.8, 4) is 0 Å². The van der Waals surface area contributed by atoms with Crippen molar-refractivity contribution in [1.82, 2.24) is 4.57 Å². The molecule has 4 heteroatoms. The highest BCUT2D eigenvalue weighted by Crippen LogP contribution is 2.37. The summed E-state index contributed by atoms with van der Waals surface area (Å²) in [6, 6.07) is 2.11. The summed E-state index contributed by atoms with van der Waals surface area (Å²) in [5.41, 5.74) is 6.78. The molecule has 1 aliphatic rings. The van der Waals surface area contributed by atoms with E-state index in [1.165, 1.54) is 7.11 Å². The van der Waals surface area contributed by atoms with Gasteiger partial charge in [0.2, 0.25) is 0 Å². The highest BCUT2D eigenvalue weighted by Gasteiger charge is 2.27. The van der Waals surface area contributed by atoms with Crippen molar-refractivity contribution in [2.75, 3.05) is 12.8 Å². The van der Waals surface area contributed by atoms with Gasteiger partial charge in [0.25, 0.3) is 0 Å². The van der Waals surface area contributed by atoms with Crippen molar-refractivity contribution in [3.05, 3.63) is 18.0 Å². The summed E-state index contributed by atoms with van der Waals surface area (Å²) in [6.45, 7) is 0. The number of carbonyl (C=O) groups excluding carboxylic acids is 1. The maximum atomic E-state index is 11.3. The van der Waals surface area contributed by atoms with Crippen LogP contribution >= 0.6 is 0 Å². The van der Waals surface area contributed by atoms with E-state index in [9.17, 15) is 4.79 Å². The van der Waals surface area contributed by atoms with Gasteiger partial charge in [-0.25, -0.2) is 4.79 Å². The van der Waals surface area contributed by atoms with Crippen molar-refractivity contribution >= 4 is 11.7 Å². The number of esters is 1. The number of nitrogens with two attached hydrogens (primary N) is 1. The Morgan fingerprint density at radius 3 is 2.92 bits per heavy atom. The van der Waals surface area contributed by atoms with Gasteiger partial charge in [0.05, 0.1) is 12.8 Å². The summed E-state index contributed by atoms with van der Waals surface area (Å²) >= 11 is 0. The van der Waals surface area contributed by atoms with Crippen molar-refractivity contribution in [1.29, 1.82) is 0 Å². The standard InChI is InChI=1S/C9H12N2O2/c1-13-9(12)8-4-6(10)5-11(8)7-2-3-7/h4-5,7H,2-3,10H2,1H3. The Balaban J connectivity index is 2.36. The molecule has 1 aromatic heterocycles. The topological polar surface area (TPSA) is 57.2 Å². The van der Waals surface area contributed by atoms with Crippen LogP contribution in [0.15, 0.2) is 12.3 Å². The number of nitrogens with zero attached hydrogens (tertiary/aromatic N) is 1. The number of rotatable bonds is 2. The van der Waals surface area contributed by atoms with Crippen LogP contribution in [0.1, 0.15) is 29.4 Å². The first-order valence-electron chi connectivity index (χ1n) is 4.28. The fourth-order valence-electron chi connectivity index (χ4n) is 1.42. The second-order valence-corrected chi connectivity index (χ2v) is 3.29. The Hall–Kier alpha value is -1.45. The summed E-state index contributed by atoms with van der Waals surface area (Å²) < 4.78 is 6.56. The molecule has 4 nitrogen and oxygen atoms in total. The maximum absolute atomic E-state index is 11.3. The molecule has 70 valence electrons. The third-order valence-electron chi connectivity index (χ3n) is 2.20. The normalized spacial score (nSPS) is 15.8. The molecule has 1 saturated carbocycles. The number of aromatic nitrogens is 1. The van der Waals surface area contributed by atoms with Gasteiger partial charge in [-0.1, -0.05) is 0 Å². The summed E-state index contributed by atoms with van der Waals surface area (Å²) in [4.78, 5) is 11.3. The predicted octanol–water partition coefficient (Wildman–Crippen LogP) is 1.19. The zero-order valence-electron chi connectivity index (χ0n) is 7.49. The van der Waals surface area contributed by atoms with Gasteiger partial charge in [-0.2, -0.15) is 0 Å². The minimum absolute atomic E-state index is 0.316. The first-order chi connectivity index (χ1) is 6.22. The van der Waals surface area contributed by atoms with Crippen LogP contribution in [0.4, 0.5) is 5.69 Å². The number of carbonyl (C=O) groups is 1. The molecule has 0 amide bonds. The number of ether oxygens (including phenoxy) is 1. The molecule has 0 atom stereocenters. The third-order valence-corrected chi connectivity index (χ3v) is 2.20. The summed E-state index contributed by atoms with van der Waals surface area (Å²) in [7, 11) is 1.38. The molecule has 0 bridgehead atoms. The van der Waals surface area contributed by atoms with Crippen molar-refractivity contribution in [2.45, 2.75) is 18.9 Å². The second kappa shape index (κ2) is 2.80. The highest BCUT2D eigenvalue weighted by molar-refractivity contribution is 5.89. The van der Waals surface area contributed by atoms with Crippen molar-refractivity contribution in [3.63, 3.8) is 0 Å². The lowest BCUT2D eigenvalue weighted by atomic mass is 10.4. The molecule has 0 spiro atoms. The molecule has 13 heavy (non-hydrogen) atoms. The number of methoxy groups -OCH3 is 1.